The maximum atomic E-state index is 12.4. The number of morpholine rings is 1. The van der Waals surface area contributed by atoms with Gasteiger partial charge < -0.3 is 25.0 Å². The molecule has 2 aromatic rings. The third kappa shape index (κ3) is 5.96. The molecule has 2 amide bonds. The van der Waals surface area contributed by atoms with Gasteiger partial charge in [0.2, 0.25) is 11.8 Å². The Morgan fingerprint density at radius 1 is 1.03 bits per heavy atom. The number of carbonyl (C=O) groups is 2. The Hall–Kier alpha value is -3.06. The summed E-state index contributed by atoms with van der Waals surface area (Å²) in [6, 6.07) is 15.3. The largest absolute Gasteiger partial charge is 0.496 e. The molecule has 0 atom stereocenters. The van der Waals surface area contributed by atoms with E-state index < -0.39 is 0 Å². The van der Waals surface area contributed by atoms with E-state index in [9.17, 15) is 9.59 Å². The molecule has 0 unspecified atom stereocenters. The molecule has 1 fully saturated rings. The van der Waals surface area contributed by atoms with Gasteiger partial charge in [-0.15, -0.1) is 0 Å². The van der Waals surface area contributed by atoms with Crippen LogP contribution in [-0.4, -0.2) is 51.8 Å². The molecule has 0 saturated carbocycles. The minimum Gasteiger partial charge on any atom is -0.496 e. The Kier molecular flexibility index (Phi) is 7.47. The quantitative estimate of drug-likeness (QED) is 0.668. The van der Waals surface area contributed by atoms with Crippen LogP contribution < -0.4 is 20.3 Å². The van der Waals surface area contributed by atoms with E-state index in [4.69, 9.17) is 9.47 Å². The molecule has 0 aromatic heterocycles. The molecule has 29 heavy (non-hydrogen) atoms. The van der Waals surface area contributed by atoms with Crippen LogP contribution in [0.25, 0.3) is 0 Å². The van der Waals surface area contributed by atoms with Crippen molar-refractivity contribution in [2.24, 2.45) is 0 Å². The number of anilines is 2. The smallest absolute Gasteiger partial charge is 0.233 e. The van der Waals surface area contributed by atoms with E-state index in [2.05, 4.69) is 15.5 Å². The lowest BCUT2D eigenvalue weighted by molar-refractivity contribution is -0.126. The van der Waals surface area contributed by atoms with Gasteiger partial charge in [0.25, 0.3) is 0 Å². The first-order chi connectivity index (χ1) is 14.2. The average Bonchev–Trinajstić information content (AvgIpc) is 2.75. The molecule has 7 heteroatoms. The lowest BCUT2D eigenvalue weighted by Gasteiger charge is -2.30. The van der Waals surface area contributed by atoms with Crippen molar-refractivity contribution in [3.63, 3.8) is 0 Å². The highest BCUT2D eigenvalue weighted by Gasteiger charge is 2.17. The molecule has 2 N–H and O–H groups in total. The number of carbonyl (C=O) groups excluding carboxylic acids is 2. The van der Waals surface area contributed by atoms with Crippen LogP contribution in [0.5, 0.6) is 5.75 Å². The number of ether oxygens (including phenoxy) is 2. The van der Waals surface area contributed by atoms with E-state index in [-0.39, 0.29) is 18.2 Å². The number of hydrogen-bond donors (Lipinski definition) is 2. The number of nitrogens with one attached hydrogen (secondary N) is 2. The molecule has 1 aliphatic rings. The van der Waals surface area contributed by atoms with E-state index in [1.54, 1.807) is 7.11 Å². The summed E-state index contributed by atoms with van der Waals surface area (Å²) >= 11 is 0. The number of hydrogen-bond acceptors (Lipinski definition) is 5. The van der Waals surface area contributed by atoms with Crippen LogP contribution in [0.2, 0.25) is 0 Å². The van der Waals surface area contributed by atoms with Crippen LogP contribution in [0.1, 0.15) is 12.0 Å². The number of nitrogens with zero attached hydrogens (tertiary/aromatic N) is 1. The fraction of sp³-hybridized carbons (Fsp3) is 0.364. The Bertz CT molecular complexity index is 834. The zero-order valence-corrected chi connectivity index (χ0v) is 16.6. The zero-order chi connectivity index (χ0) is 20.5. The summed E-state index contributed by atoms with van der Waals surface area (Å²) in [4.78, 5) is 26.7. The van der Waals surface area contributed by atoms with Crippen LogP contribution >= 0.6 is 0 Å². The maximum Gasteiger partial charge on any atom is 0.233 e. The Morgan fingerprint density at radius 2 is 1.76 bits per heavy atom. The van der Waals surface area contributed by atoms with Crippen LogP contribution in [0.15, 0.2) is 48.5 Å². The highest BCUT2D eigenvalue weighted by atomic mass is 16.5. The summed E-state index contributed by atoms with van der Waals surface area (Å²) < 4.78 is 10.7. The van der Waals surface area contributed by atoms with Gasteiger partial charge in [-0.2, -0.15) is 0 Å². The van der Waals surface area contributed by atoms with Crippen molar-refractivity contribution in [2.45, 2.75) is 12.8 Å². The first kappa shape index (κ1) is 20.7. The predicted molar refractivity (Wildman–Crippen MR) is 112 cm³/mol. The van der Waals surface area contributed by atoms with E-state index in [1.807, 2.05) is 48.5 Å². The van der Waals surface area contributed by atoms with Gasteiger partial charge in [-0.3, -0.25) is 9.59 Å². The summed E-state index contributed by atoms with van der Waals surface area (Å²) in [5.41, 5.74) is 2.67. The Labute approximate surface area is 171 Å². The summed E-state index contributed by atoms with van der Waals surface area (Å²) in [6.07, 6.45) is 0.417. The molecule has 0 radical (unpaired) electrons. The number of para-hydroxylation sites is 3. The Morgan fingerprint density at radius 3 is 2.55 bits per heavy atom. The zero-order valence-electron chi connectivity index (χ0n) is 16.6. The van der Waals surface area contributed by atoms with Crippen molar-refractivity contribution in [3.05, 3.63) is 54.1 Å². The molecule has 2 aromatic carbocycles. The summed E-state index contributed by atoms with van der Waals surface area (Å²) in [5, 5.41) is 5.66. The van der Waals surface area contributed by atoms with Gasteiger partial charge in [0.05, 0.1) is 31.7 Å². The molecule has 7 nitrogen and oxygen atoms in total. The van der Waals surface area contributed by atoms with Crippen molar-refractivity contribution in [3.8, 4) is 5.75 Å². The molecular formula is C22H27N3O4. The third-order valence-electron chi connectivity index (χ3n) is 4.76. The van der Waals surface area contributed by atoms with Gasteiger partial charge >= 0.3 is 0 Å². The second-order valence-corrected chi connectivity index (χ2v) is 6.75. The lowest BCUT2D eigenvalue weighted by Crippen LogP contribution is -2.37. The Balaban J connectivity index is 1.49. The number of rotatable bonds is 8. The average molecular weight is 397 g/mol. The highest BCUT2D eigenvalue weighted by molar-refractivity contribution is 6.04. The first-order valence-electron chi connectivity index (χ1n) is 9.77. The SMILES string of the molecule is COc1ccccc1CCNC(=O)CC(=O)Nc1ccccc1N1CCOCC1. The molecule has 0 aliphatic carbocycles. The monoisotopic (exact) mass is 397 g/mol. The molecule has 0 spiro atoms. The van der Waals surface area contributed by atoms with Crippen molar-refractivity contribution < 1.29 is 19.1 Å². The highest BCUT2D eigenvalue weighted by Crippen LogP contribution is 2.26. The van der Waals surface area contributed by atoms with Crippen LogP contribution in [0.3, 0.4) is 0 Å². The predicted octanol–water partition coefficient (Wildman–Crippen LogP) is 2.22. The second-order valence-electron chi connectivity index (χ2n) is 6.75. The first-order valence-corrected chi connectivity index (χ1v) is 9.77. The van der Waals surface area contributed by atoms with Gasteiger partial charge in [0.1, 0.15) is 12.2 Å². The molecule has 1 heterocycles. The minimum absolute atomic E-state index is 0.219. The van der Waals surface area contributed by atoms with E-state index in [1.165, 1.54) is 0 Å². The van der Waals surface area contributed by atoms with Gasteiger partial charge in [0, 0.05) is 19.6 Å². The normalized spacial score (nSPS) is 13.6. The van der Waals surface area contributed by atoms with Crippen molar-refractivity contribution in [1.82, 2.24) is 5.32 Å². The topological polar surface area (TPSA) is 79.9 Å². The molecular weight excluding hydrogens is 370 g/mol. The molecule has 0 bridgehead atoms. The fourth-order valence-electron chi connectivity index (χ4n) is 3.31. The van der Waals surface area contributed by atoms with Gasteiger partial charge in [-0.25, -0.2) is 0 Å². The fourth-order valence-corrected chi connectivity index (χ4v) is 3.31. The molecule has 3 rings (SSSR count). The van der Waals surface area contributed by atoms with Crippen molar-refractivity contribution in [2.75, 3.05) is 50.2 Å². The van der Waals surface area contributed by atoms with Gasteiger partial charge in [0.15, 0.2) is 0 Å². The molecule has 1 aliphatic heterocycles. The van der Waals surface area contributed by atoms with Gasteiger partial charge in [-0.1, -0.05) is 30.3 Å². The summed E-state index contributed by atoms with van der Waals surface area (Å²) in [5.74, 6) is 0.154. The van der Waals surface area contributed by atoms with E-state index in [0.717, 1.165) is 30.1 Å². The summed E-state index contributed by atoms with van der Waals surface area (Å²) in [7, 11) is 1.62. The molecule has 154 valence electrons. The second kappa shape index (κ2) is 10.5. The molecule has 1 saturated heterocycles. The van der Waals surface area contributed by atoms with Crippen LogP contribution in [0, 0.1) is 0 Å². The number of methoxy groups -OCH3 is 1. The van der Waals surface area contributed by atoms with Gasteiger partial charge in [-0.05, 0) is 30.2 Å². The van der Waals surface area contributed by atoms with Crippen LogP contribution in [-0.2, 0) is 20.7 Å². The lowest BCUT2D eigenvalue weighted by atomic mass is 10.1. The third-order valence-corrected chi connectivity index (χ3v) is 4.76. The van der Waals surface area contributed by atoms with Crippen molar-refractivity contribution in [1.29, 1.82) is 0 Å². The minimum atomic E-state index is -0.333. The summed E-state index contributed by atoms with van der Waals surface area (Å²) in [6.45, 7) is 3.32. The number of amides is 2. The number of benzene rings is 2. The van der Waals surface area contributed by atoms with Crippen molar-refractivity contribution >= 4 is 23.2 Å². The van der Waals surface area contributed by atoms with E-state index >= 15 is 0 Å². The maximum absolute atomic E-state index is 12.4. The van der Waals surface area contributed by atoms with E-state index in [0.29, 0.717) is 31.9 Å². The standard InChI is InChI=1S/C22H27N3O4/c1-28-20-9-5-2-6-17(20)10-11-23-21(26)16-22(27)24-18-7-3-4-8-19(18)25-12-14-29-15-13-25/h2-9H,10-16H2,1H3,(H,23,26)(H,24,27). The van der Waals surface area contributed by atoms with Crippen LogP contribution in [0.4, 0.5) is 11.4 Å².